The van der Waals surface area contributed by atoms with Crippen LogP contribution >= 0.6 is 0 Å². The molecule has 1 rings (SSSR count). The fourth-order valence-electron chi connectivity index (χ4n) is 2.02. The summed E-state index contributed by atoms with van der Waals surface area (Å²) in [5.74, 6) is 1.40. The first-order valence-corrected chi connectivity index (χ1v) is 5.74. The van der Waals surface area contributed by atoms with Crippen molar-refractivity contribution >= 4 is 0 Å². The molecule has 1 heteroatoms. The van der Waals surface area contributed by atoms with E-state index in [1.54, 1.807) is 0 Å². The molecule has 0 radical (unpaired) electrons. The summed E-state index contributed by atoms with van der Waals surface area (Å²) in [5.41, 5.74) is 5.14. The smallest absolute Gasteiger partial charge is 0.0370 e. The highest BCUT2D eigenvalue weighted by molar-refractivity contribution is 5.36. The Labute approximate surface area is 94.0 Å². The van der Waals surface area contributed by atoms with Crippen LogP contribution in [0.25, 0.3) is 0 Å². The van der Waals surface area contributed by atoms with Gasteiger partial charge in [-0.2, -0.15) is 0 Å². The lowest BCUT2D eigenvalue weighted by molar-refractivity contribution is 0.447. The number of rotatable bonds is 2. The van der Waals surface area contributed by atoms with Gasteiger partial charge in [0, 0.05) is 11.4 Å². The molecule has 0 aliphatic heterocycles. The highest BCUT2D eigenvalue weighted by atomic mass is 14.9. The largest absolute Gasteiger partial charge is 0.360 e. The van der Waals surface area contributed by atoms with Crippen molar-refractivity contribution < 1.29 is 0 Å². The summed E-state index contributed by atoms with van der Waals surface area (Å²) in [6.07, 6.45) is 3.45. The lowest BCUT2D eigenvalue weighted by Gasteiger charge is -2.19. The summed E-state index contributed by atoms with van der Waals surface area (Å²) in [5, 5.41) is 3.35. The molecule has 1 N–H and O–H groups in total. The van der Waals surface area contributed by atoms with Crippen molar-refractivity contribution in [2.24, 2.45) is 11.8 Å². The van der Waals surface area contributed by atoms with E-state index >= 15 is 0 Å². The number of hydrogen-bond acceptors (Lipinski definition) is 1. The van der Waals surface area contributed by atoms with E-state index in [0.717, 1.165) is 18.0 Å². The Morgan fingerprint density at radius 3 is 2.53 bits per heavy atom. The van der Waals surface area contributed by atoms with Gasteiger partial charge in [0.05, 0.1) is 0 Å². The normalized spacial score (nSPS) is 27.1. The van der Waals surface area contributed by atoms with Crippen LogP contribution in [-0.2, 0) is 0 Å². The van der Waals surface area contributed by atoms with Gasteiger partial charge >= 0.3 is 0 Å². The molecule has 0 saturated carbocycles. The molecule has 84 valence electrons. The van der Waals surface area contributed by atoms with Crippen molar-refractivity contribution in [1.29, 1.82) is 0 Å². The van der Waals surface area contributed by atoms with Crippen LogP contribution in [0.2, 0.25) is 0 Å². The molecule has 0 heterocycles. The lowest BCUT2D eigenvalue weighted by Crippen LogP contribution is -2.12. The van der Waals surface area contributed by atoms with Crippen molar-refractivity contribution in [3.05, 3.63) is 35.2 Å². The monoisotopic (exact) mass is 205 g/mol. The van der Waals surface area contributed by atoms with Gasteiger partial charge in [0.15, 0.2) is 0 Å². The summed E-state index contributed by atoms with van der Waals surface area (Å²) >= 11 is 0. The summed E-state index contributed by atoms with van der Waals surface area (Å²) in [4.78, 5) is 0. The van der Waals surface area contributed by atoms with Crippen LogP contribution < -0.4 is 5.32 Å². The highest BCUT2D eigenvalue weighted by Gasteiger charge is 2.19. The average molecular weight is 205 g/mol. The Hall–Kier alpha value is -0.980. The highest BCUT2D eigenvalue weighted by Crippen LogP contribution is 2.31. The van der Waals surface area contributed by atoms with E-state index in [1.165, 1.54) is 16.8 Å². The molecule has 0 amide bonds. The molecule has 0 bridgehead atoms. The predicted octanol–water partition coefficient (Wildman–Crippen LogP) is 4.01. The minimum atomic E-state index is 0.672. The van der Waals surface area contributed by atoms with Gasteiger partial charge in [0.25, 0.3) is 0 Å². The topological polar surface area (TPSA) is 12.0 Å². The van der Waals surface area contributed by atoms with Crippen molar-refractivity contribution in [3.63, 3.8) is 0 Å². The van der Waals surface area contributed by atoms with Crippen LogP contribution in [-0.4, -0.2) is 0 Å². The minimum absolute atomic E-state index is 0.672. The van der Waals surface area contributed by atoms with Gasteiger partial charge in [-0.1, -0.05) is 32.1 Å². The van der Waals surface area contributed by atoms with Crippen LogP contribution in [0.4, 0.5) is 0 Å². The Morgan fingerprint density at radius 1 is 1.40 bits per heavy atom. The first-order chi connectivity index (χ1) is 6.93. The predicted molar refractivity (Wildman–Crippen MR) is 67.4 cm³/mol. The van der Waals surface area contributed by atoms with Gasteiger partial charge < -0.3 is 5.32 Å². The first-order valence-electron chi connectivity index (χ1n) is 5.74. The molecule has 2 atom stereocenters. The van der Waals surface area contributed by atoms with E-state index in [-0.39, 0.29) is 0 Å². The average Bonchev–Trinajstić information content (AvgIpc) is 2.25. The lowest BCUT2D eigenvalue weighted by atomic mass is 9.87. The van der Waals surface area contributed by atoms with Gasteiger partial charge in [0.1, 0.15) is 0 Å². The third-order valence-electron chi connectivity index (χ3n) is 3.57. The molecule has 1 nitrogen and oxygen atoms in total. The van der Waals surface area contributed by atoms with E-state index in [4.69, 9.17) is 0 Å². The van der Waals surface area contributed by atoms with Gasteiger partial charge in [-0.3, -0.25) is 0 Å². The standard InChI is InChI=1S/C14H23N/c1-9(2)15-14-8-7-10(3)11(4)12(5)13(14)6/h8,10-11,15H,1,7H2,2-6H3. The fraction of sp³-hybridized carbons (Fsp3) is 0.571. The number of hydrogen-bond donors (Lipinski definition) is 1. The summed E-state index contributed by atoms with van der Waals surface area (Å²) in [6, 6.07) is 0. The maximum Gasteiger partial charge on any atom is 0.0370 e. The second-order valence-electron chi connectivity index (χ2n) is 4.83. The van der Waals surface area contributed by atoms with Crippen molar-refractivity contribution in [3.8, 4) is 0 Å². The van der Waals surface area contributed by atoms with Crippen LogP contribution in [0.15, 0.2) is 35.2 Å². The third-order valence-corrected chi connectivity index (χ3v) is 3.57. The van der Waals surface area contributed by atoms with Gasteiger partial charge in [-0.05, 0) is 44.6 Å². The first kappa shape index (κ1) is 12.1. The molecule has 0 aromatic heterocycles. The Morgan fingerprint density at radius 2 is 2.00 bits per heavy atom. The summed E-state index contributed by atoms with van der Waals surface area (Å²) < 4.78 is 0. The summed E-state index contributed by atoms with van der Waals surface area (Å²) in [6.45, 7) is 15.0. The van der Waals surface area contributed by atoms with E-state index < -0.39 is 0 Å². The molecule has 15 heavy (non-hydrogen) atoms. The van der Waals surface area contributed by atoms with E-state index in [0.29, 0.717) is 5.92 Å². The maximum atomic E-state index is 3.90. The molecular weight excluding hydrogens is 182 g/mol. The van der Waals surface area contributed by atoms with Crippen molar-refractivity contribution in [1.82, 2.24) is 5.32 Å². The molecular formula is C14H23N. The van der Waals surface area contributed by atoms with E-state index in [2.05, 4.69) is 45.7 Å². The molecule has 0 aromatic rings. The van der Waals surface area contributed by atoms with Gasteiger partial charge in [-0.15, -0.1) is 0 Å². The third kappa shape index (κ3) is 2.74. The van der Waals surface area contributed by atoms with Crippen LogP contribution in [0.1, 0.15) is 41.0 Å². The van der Waals surface area contributed by atoms with Crippen molar-refractivity contribution in [2.75, 3.05) is 0 Å². The van der Waals surface area contributed by atoms with Crippen molar-refractivity contribution in [2.45, 2.75) is 41.0 Å². The zero-order valence-electron chi connectivity index (χ0n) is 10.6. The second kappa shape index (κ2) is 4.69. The maximum absolute atomic E-state index is 3.90. The zero-order valence-corrected chi connectivity index (χ0v) is 10.6. The molecule has 0 aromatic carbocycles. The molecule has 0 saturated heterocycles. The van der Waals surface area contributed by atoms with Gasteiger partial charge in [-0.25, -0.2) is 0 Å². The minimum Gasteiger partial charge on any atom is -0.360 e. The molecule has 0 fully saturated rings. The molecule has 2 unspecified atom stereocenters. The van der Waals surface area contributed by atoms with Crippen LogP contribution in [0, 0.1) is 11.8 Å². The second-order valence-corrected chi connectivity index (χ2v) is 4.83. The van der Waals surface area contributed by atoms with Gasteiger partial charge in [0.2, 0.25) is 0 Å². The zero-order chi connectivity index (χ0) is 11.6. The van der Waals surface area contributed by atoms with E-state index in [9.17, 15) is 0 Å². The Balaban J connectivity index is 3.01. The molecule has 1 aliphatic carbocycles. The SMILES string of the molecule is C=C(C)NC1=CCC(C)C(C)C(C)=C1C. The van der Waals surface area contributed by atoms with Crippen LogP contribution in [0.3, 0.4) is 0 Å². The Bertz CT molecular complexity index is 320. The van der Waals surface area contributed by atoms with E-state index in [1.807, 2.05) is 6.92 Å². The molecule has 0 spiro atoms. The molecule has 1 aliphatic rings. The van der Waals surface area contributed by atoms with Crippen LogP contribution in [0.5, 0.6) is 0 Å². The Kier molecular flexibility index (Phi) is 3.78. The quantitative estimate of drug-likeness (QED) is 0.718. The fourth-order valence-corrected chi connectivity index (χ4v) is 2.02. The number of nitrogens with one attached hydrogen (secondary N) is 1. The summed E-state index contributed by atoms with van der Waals surface area (Å²) in [7, 11) is 0. The number of allylic oxidation sites excluding steroid dienone is 4.